The monoisotopic (exact) mass is 290 g/mol. The van der Waals surface area contributed by atoms with Crippen LogP contribution in [0.1, 0.15) is 12.0 Å². The third kappa shape index (κ3) is 4.12. The summed E-state index contributed by atoms with van der Waals surface area (Å²) in [6.07, 6.45) is 4.50. The molecule has 0 atom stereocenters. The highest BCUT2D eigenvalue weighted by Crippen LogP contribution is 2.16. The van der Waals surface area contributed by atoms with E-state index < -0.39 is 0 Å². The van der Waals surface area contributed by atoms with Crippen LogP contribution >= 0.6 is 11.8 Å². The molecule has 20 heavy (non-hydrogen) atoms. The lowest BCUT2D eigenvalue weighted by Gasteiger charge is -2.21. The van der Waals surface area contributed by atoms with Gasteiger partial charge < -0.3 is 4.90 Å². The topological polar surface area (TPSA) is 23.6 Å². The molecule has 0 saturated carbocycles. The first-order valence-corrected chi connectivity index (χ1v) is 8.19. The molecule has 1 saturated heterocycles. The third-order valence-electron chi connectivity index (χ3n) is 3.60. The Bertz CT molecular complexity index is 458. The summed E-state index contributed by atoms with van der Waals surface area (Å²) in [4.78, 5) is 17.5. The minimum absolute atomic E-state index is 0.241. The van der Waals surface area contributed by atoms with Crippen molar-refractivity contribution >= 4 is 17.7 Å². The fourth-order valence-corrected chi connectivity index (χ4v) is 2.81. The number of rotatable bonds is 5. The van der Waals surface area contributed by atoms with Crippen LogP contribution < -0.4 is 0 Å². The average molecular weight is 290 g/mol. The van der Waals surface area contributed by atoms with Crippen molar-refractivity contribution in [3.8, 4) is 0 Å². The zero-order valence-corrected chi connectivity index (χ0v) is 12.9. The molecule has 1 amide bonds. The third-order valence-corrected chi connectivity index (χ3v) is 4.34. The summed E-state index contributed by atoms with van der Waals surface area (Å²) < 4.78 is 0. The fraction of sp³-hybridized carbons (Fsp3) is 0.438. The largest absolute Gasteiger partial charge is 0.338 e. The molecule has 0 aromatic heterocycles. The minimum atomic E-state index is 0.241. The van der Waals surface area contributed by atoms with Gasteiger partial charge >= 0.3 is 0 Å². The quantitative estimate of drug-likeness (QED) is 0.615. The van der Waals surface area contributed by atoms with E-state index in [0.717, 1.165) is 26.2 Å². The van der Waals surface area contributed by atoms with Gasteiger partial charge in [-0.15, -0.1) is 18.3 Å². The molecule has 1 aliphatic rings. The van der Waals surface area contributed by atoms with E-state index in [1.807, 2.05) is 4.90 Å². The van der Waals surface area contributed by atoms with Gasteiger partial charge in [-0.05, 0) is 24.0 Å². The number of carbonyl (C=O) groups excluding carboxylic acids is 1. The SMILES string of the molecule is C=CCN1CCN(Cc2ccc(SC)cc2)CCC1=O. The van der Waals surface area contributed by atoms with Gasteiger partial charge in [-0.1, -0.05) is 18.2 Å². The number of nitrogens with zero attached hydrogens (tertiary/aromatic N) is 2. The van der Waals surface area contributed by atoms with E-state index in [4.69, 9.17) is 0 Å². The molecule has 108 valence electrons. The van der Waals surface area contributed by atoms with E-state index in [-0.39, 0.29) is 5.91 Å². The number of hydrogen-bond acceptors (Lipinski definition) is 3. The van der Waals surface area contributed by atoms with Crippen LogP contribution in [-0.2, 0) is 11.3 Å². The van der Waals surface area contributed by atoms with Gasteiger partial charge in [0.1, 0.15) is 0 Å². The second-order valence-corrected chi connectivity index (χ2v) is 5.88. The Morgan fingerprint density at radius 2 is 2.00 bits per heavy atom. The number of amides is 1. The molecular formula is C16H22N2OS. The number of carbonyl (C=O) groups is 1. The zero-order chi connectivity index (χ0) is 14.4. The Balaban J connectivity index is 1.92. The van der Waals surface area contributed by atoms with Crippen molar-refractivity contribution in [2.45, 2.75) is 17.9 Å². The first-order valence-electron chi connectivity index (χ1n) is 6.97. The maximum Gasteiger partial charge on any atom is 0.224 e. The summed E-state index contributed by atoms with van der Waals surface area (Å²) in [7, 11) is 0. The molecule has 3 nitrogen and oxygen atoms in total. The van der Waals surface area contributed by atoms with Crippen LogP contribution in [-0.4, -0.2) is 48.1 Å². The summed E-state index contributed by atoms with van der Waals surface area (Å²) in [6, 6.07) is 8.68. The van der Waals surface area contributed by atoms with Crippen molar-refractivity contribution in [1.29, 1.82) is 0 Å². The smallest absolute Gasteiger partial charge is 0.224 e. The highest BCUT2D eigenvalue weighted by molar-refractivity contribution is 7.98. The molecule has 0 radical (unpaired) electrons. The van der Waals surface area contributed by atoms with E-state index in [9.17, 15) is 4.79 Å². The Labute approximate surface area is 125 Å². The highest BCUT2D eigenvalue weighted by Gasteiger charge is 2.19. The molecule has 1 aliphatic heterocycles. The van der Waals surface area contributed by atoms with E-state index in [2.05, 4.69) is 42.0 Å². The molecule has 0 N–H and O–H groups in total. The maximum absolute atomic E-state index is 11.9. The second kappa shape index (κ2) is 7.50. The van der Waals surface area contributed by atoms with E-state index >= 15 is 0 Å². The van der Waals surface area contributed by atoms with Crippen LogP contribution in [0.25, 0.3) is 0 Å². The van der Waals surface area contributed by atoms with Gasteiger partial charge in [0, 0.05) is 44.0 Å². The van der Waals surface area contributed by atoms with Crippen molar-refractivity contribution in [3.63, 3.8) is 0 Å². The van der Waals surface area contributed by atoms with Gasteiger partial charge in [0.05, 0.1) is 0 Å². The lowest BCUT2D eigenvalue weighted by Crippen LogP contribution is -2.33. The van der Waals surface area contributed by atoms with E-state index in [1.54, 1.807) is 17.8 Å². The molecule has 0 aliphatic carbocycles. The molecular weight excluding hydrogens is 268 g/mol. The van der Waals surface area contributed by atoms with Crippen LogP contribution in [0.2, 0.25) is 0 Å². The lowest BCUT2D eigenvalue weighted by molar-refractivity contribution is -0.129. The molecule has 4 heteroatoms. The highest BCUT2D eigenvalue weighted by atomic mass is 32.2. The first-order chi connectivity index (χ1) is 9.72. The number of benzene rings is 1. The molecule has 0 bridgehead atoms. The summed E-state index contributed by atoms with van der Waals surface area (Å²) in [6.45, 7) is 7.87. The summed E-state index contributed by atoms with van der Waals surface area (Å²) in [5.74, 6) is 0.241. The Morgan fingerprint density at radius 1 is 1.25 bits per heavy atom. The van der Waals surface area contributed by atoms with E-state index in [0.29, 0.717) is 13.0 Å². The van der Waals surface area contributed by atoms with Gasteiger partial charge in [0.2, 0.25) is 5.91 Å². The average Bonchev–Trinajstić information content (AvgIpc) is 2.64. The lowest BCUT2D eigenvalue weighted by atomic mass is 10.2. The van der Waals surface area contributed by atoms with Crippen LogP contribution in [0.15, 0.2) is 41.8 Å². The second-order valence-electron chi connectivity index (χ2n) is 5.00. The van der Waals surface area contributed by atoms with E-state index in [1.165, 1.54) is 10.5 Å². The molecule has 2 rings (SSSR count). The summed E-state index contributed by atoms with van der Waals surface area (Å²) in [5, 5.41) is 0. The minimum Gasteiger partial charge on any atom is -0.338 e. The van der Waals surface area contributed by atoms with Crippen LogP contribution in [0, 0.1) is 0 Å². The van der Waals surface area contributed by atoms with Crippen LogP contribution in [0.5, 0.6) is 0 Å². The van der Waals surface area contributed by atoms with Crippen molar-refractivity contribution in [1.82, 2.24) is 9.80 Å². The van der Waals surface area contributed by atoms with Crippen LogP contribution in [0.3, 0.4) is 0 Å². The fourth-order valence-electron chi connectivity index (χ4n) is 2.41. The Morgan fingerprint density at radius 3 is 2.65 bits per heavy atom. The molecule has 1 heterocycles. The number of thioether (sulfide) groups is 1. The van der Waals surface area contributed by atoms with Gasteiger partial charge in [0.15, 0.2) is 0 Å². The predicted molar refractivity (Wildman–Crippen MR) is 84.9 cm³/mol. The number of hydrogen-bond donors (Lipinski definition) is 0. The molecule has 0 spiro atoms. The first kappa shape index (κ1) is 15.1. The molecule has 0 unspecified atom stereocenters. The van der Waals surface area contributed by atoms with Crippen molar-refractivity contribution in [2.24, 2.45) is 0 Å². The summed E-state index contributed by atoms with van der Waals surface area (Å²) in [5.41, 5.74) is 1.31. The summed E-state index contributed by atoms with van der Waals surface area (Å²) >= 11 is 1.76. The van der Waals surface area contributed by atoms with Crippen molar-refractivity contribution < 1.29 is 4.79 Å². The predicted octanol–water partition coefficient (Wildman–Crippen LogP) is 2.63. The Kier molecular flexibility index (Phi) is 5.68. The van der Waals surface area contributed by atoms with Crippen molar-refractivity contribution in [2.75, 3.05) is 32.4 Å². The maximum atomic E-state index is 11.9. The van der Waals surface area contributed by atoms with Crippen LogP contribution in [0.4, 0.5) is 0 Å². The van der Waals surface area contributed by atoms with Crippen molar-refractivity contribution in [3.05, 3.63) is 42.5 Å². The zero-order valence-electron chi connectivity index (χ0n) is 12.0. The van der Waals surface area contributed by atoms with Gasteiger partial charge in [0.25, 0.3) is 0 Å². The van der Waals surface area contributed by atoms with Gasteiger partial charge in [-0.3, -0.25) is 9.69 Å². The van der Waals surface area contributed by atoms with Gasteiger partial charge in [-0.2, -0.15) is 0 Å². The molecule has 1 fully saturated rings. The molecule has 1 aromatic carbocycles. The normalized spacial score (nSPS) is 17.1. The van der Waals surface area contributed by atoms with Gasteiger partial charge in [-0.25, -0.2) is 0 Å². The Hall–Kier alpha value is -1.26. The molecule has 1 aromatic rings. The standard InChI is InChI=1S/C16H22N2OS/c1-3-9-18-12-11-17(10-8-16(18)19)13-14-4-6-15(20-2)7-5-14/h3-7H,1,8-13H2,2H3.